The first kappa shape index (κ1) is 24.9. The van der Waals surface area contributed by atoms with Gasteiger partial charge in [-0.05, 0) is 30.5 Å². The Labute approximate surface area is 201 Å². The number of non-ortho nitro benzene ring substituents is 1. The maximum atomic E-state index is 12.7. The van der Waals surface area contributed by atoms with Crippen LogP contribution in [0.5, 0.6) is 0 Å². The van der Waals surface area contributed by atoms with E-state index in [4.69, 9.17) is 0 Å². The Kier molecular flexibility index (Phi) is 8.00. The van der Waals surface area contributed by atoms with Crippen molar-refractivity contribution in [2.45, 2.75) is 32.0 Å². The minimum Gasteiger partial charge on any atom is -0.342 e. The average Bonchev–Trinajstić information content (AvgIpc) is 3.17. The summed E-state index contributed by atoms with van der Waals surface area (Å²) in [6.07, 6.45) is 0. The van der Waals surface area contributed by atoms with Crippen molar-refractivity contribution in [3.05, 3.63) is 75.6 Å². The highest BCUT2D eigenvalue weighted by Gasteiger charge is 2.25. The number of nitrogens with zero attached hydrogens (tertiary/aromatic N) is 4. The summed E-state index contributed by atoms with van der Waals surface area (Å²) in [7, 11) is 1.78. The molecular weight excluding hydrogens is 456 g/mol. The summed E-state index contributed by atoms with van der Waals surface area (Å²) in [5, 5.41) is 25.7. The van der Waals surface area contributed by atoms with Crippen LogP contribution in [0.3, 0.4) is 0 Å². The smallest absolute Gasteiger partial charge is 0.271 e. The van der Waals surface area contributed by atoms with Crippen molar-refractivity contribution in [2.24, 2.45) is 13.0 Å². The summed E-state index contributed by atoms with van der Waals surface area (Å²) in [6.45, 7) is 5.72. The molecule has 0 bridgehead atoms. The van der Waals surface area contributed by atoms with Crippen LogP contribution in [-0.4, -0.2) is 37.3 Å². The fourth-order valence-corrected chi connectivity index (χ4v) is 3.96. The molecule has 11 heteroatoms. The zero-order valence-electron chi connectivity index (χ0n) is 19.3. The molecule has 0 aliphatic carbocycles. The van der Waals surface area contributed by atoms with Crippen molar-refractivity contribution >= 4 is 35.0 Å². The molecule has 0 saturated heterocycles. The van der Waals surface area contributed by atoms with Gasteiger partial charge in [-0.25, -0.2) is 0 Å². The molecule has 0 aliphatic heterocycles. The zero-order valence-corrected chi connectivity index (χ0v) is 20.1. The molecule has 2 amide bonds. The molecule has 0 fully saturated rings. The van der Waals surface area contributed by atoms with Crippen molar-refractivity contribution in [1.29, 1.82) is 0 Å². The van der Waals surface area contributed by atoms with Gasteiger partial charge in [-0.1, -0.05) is 49.9 Å². The SMILES string of the molecule is Cc1ccc([N+](=O)[O-])cc1NC(=O)CSc1nnc([C@H](NC(=O)c2ccccc2)C(C)C)n1C. The second kappa shape index (κ2) is 10.9. The Morgan fingerprint density at radius 1 is 1.15 bits per heavy atom. The predicted octanol–water partition coefficient (Wildman–Crippen LogP) is 3.89. The molecule has 3 rings (SSSR count). The number of hydrogen-bond donors (Lipinski definition) is 2. The number of carbonyl (C=O) groups excluding carboxylic acids is 2. The zero-order chi connectivity index (χ0) is 24.8. The fraction of sp³-hybridized carbons (Fsp3) is 0.304. The van der Waals surface area contributed by atoms with E-state index < -0.39 is 4.92 Å². The molecule has 0 saturated carbocycles. The summed E-state index contributed by atoms with van der Waals surface area (Å²) in [5.41, 5.74) is 1.57. The lowest BCUT2D eigenvalue weighted by Gasteiger charge is -2.21. The van der Waals surface area contributed by atoms with E-state index in [1.807, 2.05) is 19.9 Å². The van der Waals surface area contributed by atoms with Crippen molar-refractivity contribution in [2.75, 3.05) is 11.1 Å². The highest BCUT2D eigenvalue weighted by Crippen LogP contribution is 2.25. The molecule has 34 heavy (non-hydrogen) atoms. The lowest BCUT2D eigenvalue weighted by molar-refractivity contribution is -0.384. The standard InChI is InChI=1S/C23H26N6O4S/c1-14(2)20(25-22(31)16-8-6-5-7-9-16)21-26-27-23(28(21)4)34-13-19(30)24-18-12-17(29(32)33)11-10-15(18)3/h5-12,14,20H,13H2,1-4H3,(H,24,30)(H,25,31)/t20-/m1/s1. The monoisotopic (exact) mass is 482 g/mol. The molecule has 0 radical (unpaired) electrons. The molecular formula is C23H26N6O4S. The molecule has 0 spiro atoms. The topological polar surface area (TPSA) is 132 Å². The van der Waals surface area contributed by atoms with Gasteiger partial charge in [-0.15, -0.1) is 10.2 Å². The molecule has 2 N–H and O–H groups in total. The molecule has 0 aliphatic rings. The number of hydrogen-bond acceptors (Lipinski definition) is 7. The van der Waals surface area contributed by atoms with Gasteiger partial charge < -0.3 is 15.2 Å². The number of benzene rings is 2. The second-order valence-electron chi connectivity index (χ2n) is 8.05. The Morgan fingerprint density at radius 2 is 1.85 bits per heavy atom. The van der Waals surface area contributed by atoms with Crippen LogP contribution in [0.1, 0.15) is 41.6 Å². The quantitative estimate of drug-likeness (QED) is 0.269. The van der Waals surface area contributed by atoms with Crippen molar-refractivity contribution in [3.63, 3.8) is 0 Å². The normalized spacial score (nSPS) is 11.8. The third-order valence-corrected chi connectivity index (χ3v) is 6.19. The lowest BCUT2D eigenvalue weighted by atomic mass is 10.0. The van der Waals surface area contributed by atoms with E-state index in [2.05, 4.69) is 20.8 Å². The van der Waals surface area contributed by atoms with Crippen molar-refractivity contribution in [3.8, 4) is 0 Å². The van der Waals surface area contributed by atoms with Gasteiger partial charge in [0.25, 0.3) is 11.6 Å². The van der Waals surface area contributed by atoms with Crippen LogP contribution in [0.25, 0.3) is 0 Å². The van der Waals surface area contributed by atoms with Crippen LogP contribution in [0.4, 0.5) is 11.4 Å². The largest absolute Gasteiger partial charge is 0.342 e. The number of rotatable bonds is 9. The van der Waals surface area contributed by atoms with E-state index in [0.717, 1.165) is 5.56 Å². The number of aryl methyl sites for hydroxylation is 1. The Balaban J connectivity index is 1.67. The average molecular weight is 483 g/mol. The maximum absolute atomic E-state index is 12.7. The lowest BCUT2D eigenvalue weighted by Crippen LogP contribution is -2.33. The number of amides is 2. The summed E-state index contributed by atoms with van der Waals surface area (Å²) in [4.78, 5) is 35.6. The Morgan fingerprint density at radius 3 is 2.50 bits per heavy atom. The van der Waals surface area contributed by atoms with E-state index in [1.54, 1.807) is 48.9 Å². The fourth-order valence-electron chi connectivity index (χ4n) is 3.24. The number of nitro groups is 1. The van der Waals surface area contributed by atoms with Crippen LogP contribution in [0.2, 0.25) is 0 Å². The van der Waals surface area contributed by atoms with Gasteiger partial charge in [-0.2, -0.15) is 0 Å². The molecule has 1 heterocycles. The number of carbonyl (C=O) groups is 2. The number of nitro benzene ring substituents is 1. The van der Waals surface area contributed by atoms with Gasteiger partial charge in [0, 0.05) is 24.7 Å². The molecule has 1 atom stereocenters. The second-order valence-corrected chi connectivity index (χ2v) is 9.00. The van der Waals surface area contributed by atoms with E-state index in [0.29, 0.717) is 22.2 Å². The van der Waals surface area contributed by atoms with Gasteiger partial charge in [0.05, 0.1) is 22.4 Å². The number of aromatic nitrogens is 3. The summed E-state index contributed by atoms with van der Waals surface area (Å²) < 4.78 is 1.76. The molecule has 0 unspecified atom stereocenters. The van der Waals surface area contributed by atoms with E-state index in [-0.39, 0.29) is 35.2 Å². The van der Waals surface area contributed by atoms with Crippen LogP contribution in [0, 0.1) is 23.0 Å². The van der Waals surface area contributed by atoms with Gasteiger partial charge >= 0.3 is 0 Å². The van der Waals surface area contributed by atoms with E-state index in [1.165, 1.54) is 23.9 Å². The number of thioether (sulfide) groups is 1. The van der Waals surface area contributed by atoms with Crippen LogP contribution >= 0.6 is 11.8 Å². The first-order valence-corrected chi connectivity index (χ1v) is 11.6. The predicted molar refractivity (Wildman–Crippen MR) is 130 cm³/mol. The highest BCUT2D eigenvalue weighted by molar-refractivity contribution is 7.99. The van der Waals surface area contributed by atoms with Gasteiger partial charge in [0.1, 0.15) is 0 Å². The minimum atomic E-state index is -0.507. The van der Waals surface area contributed by atoms with Crippen LogP contribution < -0.4 is 10.6 Å². The summed E-state index contributed by atoms with van der Waals surface area (Å²) >= 11 is 1.19. The first-order chi connectivity index (χ1) is 16.2. The molecule has 3 aromatic rings. The third kappa shape index (κ3) is 5.98. The number of nitrogens with one attached hydrogen (secondary N) is 2. The van der Waals surface area contributed by atoms with Gasteiger partial charge in [0.15, 0.2) is 11.0 Å². The molecule has 178 valence electrons. The Hall–Kier alpha value is -3.73. The summed E-state index contributed by atoms with van der Waals surface area (Å²) in [6, 6.07) is 12.9. The van der Waals surface area contributed by atoms with Gasteiger partial charge in [-0.3, -0.25) is 19.7 Å². The third-order valence-electron chi connectivity index (χ3n) is 5.17. The van der Waals surface area contributed by atoms with Gasteiger partial charge in [0.2, 0.25) is 5.91 Å². The molecule has 1 aromatic heterocycles. The first-order valence-electron chi connectivity index (χ1n) is 10.6. The number of anilines is 1. The van der Waals surface area contributed by atoms with Crippen LogP contribution in [0.15, 0.2) is 53.7 Å². The maximum Gasteiger partial charge on any atom is 0.271 e. The molecule has 10 nitrogen and oxygen atoms in total. The summed E-state index contributed by atoms with van der Waals surface area (Å²) in [5.74, 6) is 0.140. The van der Waals surface area contributed by atoms with Crippen molar-refractivity contribution in [1.82, 2.24) is 20.1 Å². The minimum absolute atomic E-state index is 0.0385. The highest BCUT2D eigenvalue weighted by atomic mass is 32.2. The van der Waals surface area contributed by atoms with E-state index in [9.17, 15) is 19.7 Å². The Bertz CT molecular complexity index is 1200. The van der Waals surface area contributed by atoms with E-state index >= 15 is 0 Å². The van der Waals surface area contributed by atoms with Crippen LogP contribution in [-0.2, 0) is 11.8 Å². The van der Waals surface area contributed by atoms with Crippen molar-refractivity contribution < 1.29 is 14.5 Å². The molecule has 2 aromatic carbocycles.